The number of nitrogens with zero attached hydrogens (tertiary/aromatic N) is 1. The fourth-order valence-corrected chi connectivity index (χ4v) is 3.88. The quantitative estimate of drug-likeness (QED) is 0.259. The van der Waals surface area contributed by atoms with Crippen molar-refractivity contribution in [1.82, 2.24) is 10.3 Å². The lowest BCUT2D eigenvalue weighted by atomic mass is 10.1. The second-order valence-corrected chi connectivity index (χ2v) is 7.99. The van der Waals surface area contributed by atoms with Crippen LogP contribution in [0.15, 0.2) is 77.9 Å². The lowest BCUT2D eigenvalue weighted by Gasteiger charge is -2.14. The number of ether oxygens (including phenoxy) is 1. The Labute approximate surface area is 197 Å². The number of carbonyl (C=O) groups is 1. The first-order valence-electron chi connectivity index (χ1n) is 10.6. The summed E-state index contributed by atoms with van der Waals surface area (Å²) in [7, 11) is 1.56. The minimum atomic E-state index is -0.231. The number of halogens is 1. The van der Waals surface area contributed by atoms with Crippen LogP contribution in [0, 0.1) is 6.92 Å². The van der Waals surface area contributed by atoms with Crippen LogP contribution in [0.2, 0.25) is 5.02 Å². The standard InChI is InChI=1S/C26H25ClN4O2/c1-17-7-3-4-8-20(17)25(32)31-26(30-19-11-12-24(33-2)22(27)15-19)28-14-13-18-16-29-23-10-6-5-9-21(18)23/h3-12,15-16,29H,13-14H2,1-2H3,(H2,28,30,31,32). The number of anilines is 1. The van der Waals surface area contributed by atoms with Crippen molar-refractivity contribution in [3.05, 3.63) is 94.6 Å². The second kappa shape index (κ2) is 10.2. The molecule has 4 rings (SSSR count). The van der Waals surface area contributed by atoms with Crippen molar-refractivity contribution in [2.45, 2.75) is 13.3 Å². The highest BCUT2D eigenvalue weighted by molar-refractivity contribution is 6.32. The Balaban J connectivity index is 1.55. The van der Waals surface area contributed by atoms with E-state index in [1.165, 1.54) is 10.9 Å². The molecule has 0 aliphatic carbocycles. The average Bonchev–Trinajstić information content (AvgIpc) is 3.22. The summed E-state index contributed by atoms with van der Waals surface area (Å²) in [5.41, 5.74) is 4.44. The molecule has 4 aromatic rings. The minimum Gasteiger partial charge on any atom is -0.495 e. The Morgan fingerprint density at radius 2 is 1.88 bits per heavy atom. The monoisotopic (exact) mass is 460 g/mol. The van der Waals surface area contributed by atoms with Crippen molar-refractivity contribution >= 4 is 40.1 Å². The molecule has 1 amide bonds. The van der Waals surface area contributed by atoms with Crippen LogP contribution in [0.1, 0.15) is 21.5 Å². The van der Waals surface area contributed by atoms with E-state index < -0.39 is 0 Å². The van der Waals surface area contributed by atoms with Crippen molar-refractivity contribution in [3.63, 3.8) is 0 Å². The number of aliphatic imine (C=N–C) groups is 1. The van der Waals surface area contributed by atoms with Crippen molar-refractivity contribution in [3.8, 4) is 5.75 Å². The third kappa shape index (κ3) is 5.35. The summed E-state index contributed by atoms with van der Waals surface area (Å²) in [6.45, 7) is 2.39. The predicted octanol–water partition coefficient (Wildman–Crippen LogP) is 5.58. The molecule has 0 unspecified atom stereocenters. The van der Waals surface area contributed by atoms with E-state index in [1.807, 2.05) is 55.6 Å². The zero-order valence-corrected chi connectivity index (χ0v) is 19.2. The van der Waals surface area contributed by atoms with Crippen molar-refractivity contribution < 1.29 is 9.53 Å². The highest BCUT2D eigenvalue weighted by Gasteiger charge is 2.12. The smallest absolute Gasteiger partial charge is 0.258 e. The van der Waals surface area contributed by atoms with Crippen LogP contribution < -0.4 is 15.4 Å². The summed E-state index contributed by atoms with van der Waals surface area (Å²) in [6, 6.07) is 20.9. The molecule has 168 valence electrons. The van der Waals surface area contributed by atoms with Gasteiger partial charge in [-0.3, -0.25) is 15.1 Å². The summed E-state index contributed by atoms with van der Waals surface area (Å²) in [5.74, 6) is 0.694. The number of aromatic amines is 1. The summed E-state index contributed by atoms with van der Waals surface area (Å²) in [5, 5.41) is 7.72. The maximum atomic E-state index is 12.9. The maximum Gasteiger partial charge on any atom is 0.258 e. The van der Waals surface area contributed by atoms with Gasteiger partial charge in [-0.1, -0.05) is 48.0 Å². The van der Waals surface area contributed by atoms with Crippen LogP contribution in [0.25, 0.3) is 10.9 Å². The third-order valence-corrected chi connectivity index (χ3v) is 5.66. The molecular formula is C26H25ClN4O2. The van der Waals surface area contributed by atoms with E-state index in [4.69, 9.17) is 16.3 Å². The van der Waals surface area contributed by atoms with Gasteiger partial charge in [-0.2, -0.15) is 0 Å². The first-order chi connectivity index (χ1) is 16.0. The molecule has 7 heteroatoms. The first-order valence-corrected chi connectivity index (χ1v) is 11.0. The van der Waals surface area contributed by atoms with Gasteiger partial charge in [0, 0.05) is 34.9 Å². The Hall–Kier alpha value is -3.77. The van der Waals surface area contributed by atoms with Crippen LogP contribution in [0.4, 0.5) is 5.69 Å². The number of fused-ring (bicyclic) bond motifs is 1. The van der Waals surface area contributed by atoms with Crippen LogP contribution in [-0.4, -0.2) is 30.5 Å². The van der Waals surface area contributed by atoms with Crippen molar-refractivity contribution in [1.29, 1.82) is 0 Å². The minimum absolute atomic E-state index is 0.231. The van der Waals surface area contributed by atoms with Gasteiger partial charge in [0.15, 0.2) is 0 Å². The maximum absolute atomic E-state index is 12.9. The van der Waals surface area contributed by atoms with Crippen LogP contribution in [0.5, 0.6) is 5.75 Å². The van der Waals surface area contributed by atoms with E-state index in [0.29, 0.717) is 34.5 Å². The summed E-state index contributed by atoms with van der Waals surface area (Å²) >= 11 is 6.27. The number of carbonyl (C=O) groups excluding carboxylic acids is 1. The van der Waals surface area contributed by atoms with Gasteiger partial charge < -0.3 is 15.0 Å². The Kier molecular flexibility index (Phi) is 6.95. The van der Waals surface area contributed by atoms with E-state index in [2.05, 4.69) is 26.7 Å². The number of para-hydroxylation sites is 1. The lowest BCUT2D eigenvalue weighted by Crippen LogP contribution is -2.36. The van der Waals surface area contributed by atoms with Gasteiger partial charge in [-0.05, 0) is 54.8 Å². The molecule has 6 nitrogen and oxygen atoms in total. The molecule has 3 N–H and O–H groups in total. The Bertz CT molecular complexity index is 1310. The third-order valence-electron chi connectivity index (χ3n) is 5.36. The molecule has 0 fully saturated rings. The molecule has 3 aromatic carbocycles. The molecular weight excluding hydrogens is 436 g/mol. The number of aromatic nitrogens is 1. The van der Waals surface area contributed by atoms with E-state index in [9.17, 15) is 4.79 Å². The highest BCUT2D eigenvalue weighted by Crippen LogP contribution is 2.27. The predicted molar refractivity (Wildman–Crippen MR) is 135 cm³/mol. The molecule has 0 atom stereocenters. The fourth-order valence-electron chi connectivity index (χ4n) is 3.62. The SMILES string of the molecule is COc1ccc(NC(=NCCc2c[nH]c3ccccc23)NC(=O)c2ccccc2C)cc1Cl. The molecule has 1 heterocycles. The van der Waals surface area contributed by atoms with Crippen LogP contribution in [0.3, 0.4) is 0 Å². The number of rotatable bonds is 6. The normalized spacial score (nSPS) is 11.4. The van der Waals surface area contributed by atoms with Gasteiger partial charge in [0.25, 0.3) is 5.91 Å². The number of H-pyrrole nitrogens is 1. The Morgan fingerprint density at radius 1 is 1.09 bits per heavy atom. The van der Waals surface area contributed by atoms with Crippen molar-refractivity contribution in [2.75, 3.05) is 19.0 Å². The Morgan fingerprint density at radius 3 is 2.67 bits per heavy atom. The average molecular weight is 461 g/mol. The van der Waals surface area contributed by atoms with E-state index >= 15 is 0 Å². The number of amides is 1. The van der Waals surface area contributed by atoms with Gasteiger partial charge >= 0.3 is 0 Å². The van der Waals surface area contributed by atoms with Crippen molar-refractivity contribution in [2.24, 2.45) is 4.99 Å². The fraction of sp³-hybridized carbons (Fsp3) is 0.154. The largest absolute Gasteiger partial charge is 0.495 e. The zero-order valence-electron chi connectivity index (χ0n) is 18.5. The van der Waals surface area contributed by atoms with Crippen LogP contribution >= 0.6 is 11.6 Å². The number of hydrogen-bond donors (Lipinski definition) is 3. The van der Waals surface area contributed by atoms with Crippen LogP contribution in [-0.2, 0) is 6.42 Å². The molecule has 0 spiro atoms. The first kappa shape index (κ1) is 22.4. The molecule has 0 saturated heterocycles. The lowest BCUT2D eigenvalue weighted by molar-refractivity contribution is 0.0976. The molecule has 0 radical (unpaired) electrons. The summed E-state index contributed by atoms with van der Waals surface area (Å²) in [6.07, 6.45) is 2.72. The number of nitrogens with one attached hydrogen (secondary N) is 3. The molecule has 0 bridgehead atoms. The molecule has 1 aromatic heterocycles. The van der Waals surface area contributed by atoms with Gasteiger partial charge in [0.2, 0.25) is 5.96 Å². The summed E-state index contributed by atoms with van der Waals surface area (Å²) in [4.78, 5) is 20.9. The highest BCUT2D eigenvalue weighted by atomic mass is 35.5. The van der Waals surface area contributed by atoms with E-state index in [1.54, 1.807) is 25.3 Å². The van der Waals surface area contributed by atoms with Gasteiger partial charge in [0.1, 0.15) is 5.75 Å². The molecule has 33 heavy (non-hydrogen) atoms. The number of methoxy groups -OCH3 is 1. The molecule has 0 aliphatic heterocycles. The van der Waals surface area contributed by atoms with Gasteiger partial charge in [0.05, 0.1) is 12.1 Å². The number of guanidine groups is 1. The summed E-state index contributed by atoms with van der Waals surface area (Å²) < 4.78 is 5.22. The number of benzene rings is 3. The van der Waals surface area contributed by atoms with Gasteiger partial charge in [-0.15, -0.1) is 0 Å². The molecule has 0 aliphatic rings. The van der Waals surface area contributed by atoms with E-state index in [-0.39, 0.29) is 5.91 Å². The second-order valence-electron chi connectivity index (χ2n) is 7.58. The zero-order chi connectivity index (χ0) is 23.2. The topological polar surface area (TPSA) is 78.5 Å². The molecule has 0 saturated carbocycles. The number of aryl methyl sites for hydroxylation is 1. The van der Waals surface area contributed by atoms with E-state index in [0.717, 1.165) is 17.5 Å². The van der Waals surface area contributed by atoms with Gasteiger partial charge in [-0.25, -0.2) is 0 Å². The number of hydrogen-bond acceptors (Lipinski definition) is 3.